The molecule has 0 aromatic carbocycles. The van der Waals surface area contributed by atoms with Crippen LogP contribution < -0.4 is 15.8 Å². The van der Waals surface area contributed by atoms with E-state index in [2.05, 4.69) is 32.7 Å². The summed E-state index contributed by atoms with van der Waals surface area (Å²) in [5, 5.41) is 19.7. The van der Waals surface area contributed by atoms with Crippen LogP contribution in [0, 0.1) is 5.92 Å². The Balaban J connectivity index is 2.03. The van der Waals surface area contributed by atoms with Crippen LogP contribution in [0.15, 0.2) is 0 Å². The van der Waals surface area contributed by atoms with E-state index >= 15 is 0 Å². The fourth-order valence-corrected chi connectivity index (χ4v) is 3.26. The van der Waals surface area contributed by atoms with E-state index in [1.54, 1.807) is 0 Å². The lowest BCUT2D eigenvalue weighted by atomic mass is 10.0. The fraction of sp³-hybridized carbons (Fsp3) is 0.737. The number of unbranched alkanes of at least 4 members (excludes halogenated alkanes) is 2. The van der Waals surface area contributed by atoms with Crippen molar-refractivity contribution in [1.82, 2.24) is 25.4 Å². The summed E-state index contributed by atoms with van der Waals surface area (Å²) in [5.74, 6) is 0.403. The van der Waals surface area contributed by atoms with Gasteiger partial charge >= 0.3 is 0 Å². The quantitative estimate of drug-likeness (QED) is 0.167. The monoisotopic (exact) mass is 423 g/mol. The maximum Gasteiger partial charge on any atom is 0.246 e. The van der Waals surface area contributed by atoms with Crippen molar-refractivity contribution in [2.75, 3.05) is 30.0 Å². The number of amides is 2. The van der Waals surface area contributed by atoms with Crippen LogP contribution in [-0.4, -0.2) is 68.4 Å². The highest BCUT2D eigenvalue weighted by Gasteiger charge is 2.22. The molecule has 168 valence electrons. The van der Waals surface area contributed by atoms with Crippen molar-refractivity contribution in [2.24, 2.45) is 5.92 Å². The van der Waals surface area contributed by atoms with Crippen molar-refractivity contribution in [2.45, 2.75) is 64.9 Å². The number of nitrogens with zero attached hydrogens (tertiary/aromatic N) is 5. The van der Waals surface area contributed by atoms with Crippen molar-refractivity contribution < 1.29 is 19.9 Å². The van der Waals surface area contributed by atoms with Gasteiger partial charge in [-0.2, -0.15) is 15.0 Å². The van der Waals surface area contributed by atoms with Gasteiger partial charge in [-0.3, -0.25) is 25.6 Å². The first-order valence-corrected chi connectivity index (χ1v) is 10.6. The summed E-state index contributed by atoms with van der Waals surface area (Å²) in [6.45, 7) is 5.21. The molecule has 11 nitrogen and oxygen atoms in total. The molecule has 1 aromatic heterocycles. The first-order valence-electron chi connectivity index (χ1n) is 10.6. The molecule has 1 atom stereocenters. The summed E-state index contributed by atoms with van der Waals surface area (Å²) in [5.41, 5.74) is 5.33. The zero-order valence-electron chi connectivity index (χ0n) is 17.8. The van der Waals surface area contributed by atoms with Gasteiger partial charge in [-0.05, 0) is 19.3 Å². The van der Waals surface area contributed by atoms with Gasteiger partial charge in [0.25, 0.3) is 0 Å². The summed E-state index contributed by atoms with van der Waals surface area (Å²) < 4.78 is 0. The maximum atomic E-state index is 12.6. The van der Waals surface area contributed by atoms with E-state index in [1.165, 1.54) is 0 Å². The van der Waals surface area contributed by atoms with Crippen molar-refractivity contribution in [3.05, 3.63) is 5.82 Å². The molecule has 1 aromatic rings. The fourth-order valence-electron chi connectivity index (χ4n) is 3.26. The highest BCUT2D eigenvalue weighted by Crippen LogP contribution is 2.18. The number of nitrogens with one attached hydrogen (secondary N) is 2. The molecule has 2 amide bonds. The number of piperidine rings is 1. The van der Waals surface area contributed by atoms with Gasteiger partial charge in [-0.25, -0.2) is 5.06 Å². The number of hydrogen-bond donors (Lipinski definition) is 4. The third-order valence-corrected chi connectivity index (χ3v) is 5.09. The van der Waals surface area contributed by atoms with Crippen LogP contribution in [0.4, 0.5) is 11.9 Å². The number of rotatable bonds is 12. The molecule has 1 unspecified atom stereocenters. The Morgan fingerprint density at radius 1 is 1.27 bits per heavy atom. The summed E-state index contributed by atoms with van der Waals surface area (Å²) >= 11 is 0. The van der Waals surface area contributed by atoms with Gasteiger partial charge in [0, 0.05) is 19.5 Å². The topological polar surface area (TPSA) is 144 Å². The third-order valence-electron chi connectivity index (χ3n) is 5.09. The minimum absolute atomic E-state index is 0.0838. The van der Waals surface area contributed by atoms with Gasteiger partial charge in [0.15, 0.2) is 0 Å². The van der Waals surface area contributed by atoms with Gasteiger partial charge in [-0.1, -0.05) is 33.1 Å². The summed E-state index contributed by atoms with van der Waals surface area (Å²) in [6.07, 6.45) is 5.23. The van der Waals surface area contributed by atoms with Gasteiger partial charge in [0.1, 0.15) is 5.82 Å². The number of carbonyl (C=O) groups excluding carboxylic acids is 2. The second kappa shape index (κ2) is 12.2. The average Bonchev–Trinajstić information content (AvgIpc) is 2.76. The van der Waals surface area contributed by atoms with E-state index in [-0.39, 0.29) is 30.9 Å². The number of aryl methyl sites for hydroxylation is 1. The molecule has 1 aliphatic rings. The molecule has 2 rings (SSSR count). The lowest BCUT2D eigenvalue weighted by Gasteiger charge is -2.29. The molecule has 0 radical (unpaired) electrons. The number of hydroxylamine groups is 2. The van der Waals surface area contributed by atoms with E-state index < -0.39 is 5.92 Å². The van der Waals surface area contributed by atoms with Crippen LogP contribution in [0.1, 0.15) is 58.2 Å². The van der Waals surface area contributed by atoms with Crippen molar-refractivity contribution in [3.63, 3.8) is 0 Å². The molecule has 1 fully saturated rings. The molecule has 0 spiro atoms. The Morgan fingerprint density at radius 3 is 2.63 bits per heavy atom. The van der Waals surface area contributed by atoms with Crippen LogP contribution in [-0.2, 0) is 16.0 Å². The normalized spacial score (nSPS) is 15.5. The molecule has 11 heteroatoms. The lowest BCUT2D eigenvalue weighted by Crippen LogP contribution is -2.41. The standard InChI is InChI=1S/C19H33N7O4/c1-3-5-6-7-14(12-26(30)13-27)17(29)23-24-18-20-16(4-2)21-19(22-18)25-10-8-15(28)9-11-25/h13-15,28,30H,3-12H2,1-2H3,(H,23,29)(H,20,21,22,24). The van der Waals surface area contributed by atoms with Gasteiger partial charge < -0.3 is 10.0 Å². The molecular formula is C19H33N7O4. The number of aliphatic hydroxyl groups is 1. The molecule has 0 saturated carbocycles. The number of hydrazine groups is 1. The Hall–Kier alpha value is -2.53. The Labute approximate surface area is 176 Å². The highest BCUT2D eigenvalue weighted by molar-refractivity contribution is 5.80. The first-order chi connectivity index (χ1) is 14.5. The predicted octanol–water partition coefficient (Wildman–Crippen LogP) is 0.882. The zero-order chi connectivity index (χ0) is 21.9. The number of carbonyl (C=O) groups is 2. The van der Waals surface area contributed by atoms with Crippen LogP contribution in [0.25, 0.3) is 0 Å². The second-order valence-electron chi connectivity index (χ2n) is 7.48. The smallest absolute Gasteiger partial charge is 0.246 e. The van der Waals surface area contributed by atoms with Crippen LogP contribution in [0.3, 0.4) is 0 Å². The number of aromatic nitrogens is 3. The Bertz CT molecular complexity index is 683. The van der Waals surface area contributed by atoms with Crippen molar-refractivity contribution in [3.8, 4) is 0 Å². The van der Waals surface area contributed by atoms with E-state index in [0.717, 1.165) is 19.3 Å². The van der Waals surface area contributed by atoms with E-state index in [4.69, 9.17) is 0 Å². The van der Waals surface area contributed by atoms with E-state index in [0.29, 0.717) is 55.6 Å². The summed E-state index contributed by atoms with van der Waals surface area (Å²) in [4.78, 5) is 38.5. The molecule has 2 heterocycles. The van der Waals surface area contributed by atoms with Gasteiger partial charge in [-0.15, -0.1) is 0 Å². The minimum Gasteiger partial charge on any atom is -0.393 e. The van der Waals surface area contributed by atoms with Gasteiger partial charge in [0.05, 0.1) is 18.6 Å². The second-order valence-corrected chi connectivity index (χ2v) is 7.48. The van der Waals surface area contributed by atoms with E-state index in [9.17, 15) is 19.9 Å². The largest absolute Gasteiger partial charge is 0.393 e. The van der Waals surface area contributed by atoms with Crippen LogP contribution in [0.5, 0.6) is 0 Å². The van der Waals surface area contributed by atoms with E-state index in [1.807, 2.05) is 11.8 Å². The molecule has 0 bridgehead atoms. The van der Waals surface area contributed by atoms with Crippen LogP contribution in [0.2, 0.25) is 0 Å². The summed E-state index contributed by atoms with van der Waals surface area (Å²) in [7, 11) is 0. The van der Waals surface area contributed by atoms with Gasteiger partial charge in [0.2, 0.25) is 24.2 Å². The number of anilines is 2. The Morgan fingerprint density at radius 2 is 2.00 bits per heavy atom. The summed E-state index contributed by atoms with van der Waals surface area (Å²) in [6, 6.07) is 0. The third kappa shape index (κ3) is 7.38. The Kier molecular flexibility index (Phi) is 9.68. The number of aliphatic hydroxyl groups excluding tert-OH is 1. The lowest BCUT2D eigenvalue weighted by molar-refractivity contribution is -0.154. The molecule has 30 heavy (non-hydrogen) atoms. The zero-order valence-corrected chi connectivity index (χ0v) is 17.8. The minimum atomic E-state index is -0.560. The highest BCUT2D eigenvalue weighted by atomic mass is 16.5. The van der Waals surface area contributed by atoms with Crippen molar-refractivity contribution in [1.29, 1.82) is 0 Å². The maximum absolute atomic E-state index is 12.6. The molecule has 1 aliphatic heterocycles. The predicted molar refractivity (Wildman–Crippen MR) is 111 cm³/mol. The number of hydrogen-bond acceptors (Lipinski definition) is 9. The molecular weight excluding hydrogens is 390 g/mol. The molecule has 0 aliphatic carbocycles. The average molecular weight is 424 g/mol. The van der Waals surface area contributed by atoms with Crippen LogP contribution >= 0.6 is 0 Å². The first kappa shape index (κ1) is 23.7. The molecule has 1 saturated heterocycles. The van der Waals surface area contributed by atoms with Crippen molar-refractivity contribution >= 4 is 24.2 Å². The molecule has 4 N–H and O–H groups in total. The SMILES string of the molecule is CCCCCC(CN(O)C=O)C(=O)NNc1nc(CC)nc(N2CCC(O)CC2)n1.